The van der Waals surface area contributed by atoms with E-state index in [4.69, 9.17) is 4.74 Å². The Morgan fingerprint density at radius 2 is 1.85 bits per heavy atom. The van der Waals surface area contributed by atoms with E-state index in [2.05, 4.69) is 9.80 Å². The Labute approximate surface area is 121 Å². The molecule has 0 bridgehead atoms. The SMILES string of the molecule is O=C1[C@@H]2CN(C3CCOCC3)C[C@H]2CCN1CC1CC1. The summed E-state index contributed by atoms with van der Waals surface area (Å²) in [6.45, 7) is 6.02. The van der Waals surface area contributed by atoms with Crippen molar-refractivity contribution in [3.63, 3.8) is 0 Å². The Kier molecular flexibility index (Phi) is 3.47. The maximum Gasteiger partial charge on any atom is 0.227 e. The van der Waals surface area contributed by atoms with Gasteiger partial charge in [-0.1, -0.05) is 0 Å². The van der Waals surface area contributed by atoms with Gasteiger partial charge in [0, 0.05) is 45.4 Å². The van der Waals surface area contributed by atoms with Crippen molar-refractivity contribution in [2.24, 2.45) is 17.8 Å². The summed E-state index contributed by atoms with van der Waals surface area (Å²) in [6.07, 6.45) is 6.21. The Balaban J connectivity index is 1.39. The number of carbonyl (C=O) groups is 1. The van der Waals surface area contributed by atoms with E-state index in [1.54, 1.807) is 0 Å². The number of fused-ring (bicyclic) bond motifs is 1. The fourth-order valence-electron chi connectivity index (χ4n) is 4.29. The first-order valence-corrected chi connectivity index (χ1v) is 8.42. The summed E-state index contributed by atoms with van der Waals surface area (Å²) < 4.78 is 5.46. The second-order valence-corrected chi connectivity index (χ2v) is 7.18. The second kappa shape index (κ2) is 5.30. The summed E-state index contributed by atoms with van der Waals surface area (Å²) in [7, 11) is 0. The molecule has 3 aliphatic heterocycles. The van der Waals surface area contributed by atoms with E-state index in [-0.39, 0.29) is 0 Å². The molecule has 0 spiro atoms. The van der Waals surface area contributed by atoms with Gasteiger partial charge < -0.3 is 9.64 Å². The van der Waals surface area contributed by atoms with Gasteiger partial charge in [-0.15, -0.1) is 0 Å². The quantitative estimate of drug-likeness (QED) is 0.781. The van der Waals surface area contributed by atoms with Crippen molar-refractivity contribution in [1.82, 2.24) is 9.80 Å². The van der Waals surface area contributed by atoms with Crippen molar-refractivity contribution in [2.45, 2.75) is 38.1 Å². The van der Waals surface area contributed by atoms with Crippen LogP contribution in [0.5, 0.6) is 0 Å². The predicted molar refractivity (Wildman–Crippen MR) is 76.3 cm³/mol. The third-order valence-corrected chi connectivity index (χ3v) is 5.75. The average molecular weight is 278 g/mol. The first-order valence-electron chi connectivity index (χ1n) is 8.42. The van der Waals surface area contributed by atoms with Gasteiger partial charge in [0.2, 0.25) is 5.91 Å². The van der Waals surface area contributed by atoms with Crippen molar-refractivity contribution in [1.29, 1.82) is 0 Å². The van der Waals surface area contributed by atoms with Crippen molar-refractivity contribution in [2.75, 3.05) is 39.4 Å². The zero-order valence-electron chi connectivity index (χ0n) is 12.3. The molecular weight excluding hydrogens is 252 g/mol. The van der Waals surface area contributed by atoms with E-state index in [0.717, 1.165) is 58.2 Å². The van der Waals surface area contributed by atoms with Crippen LogP contribution in [0.2, 0.25) is 0 Å². The molecule has 2 atom stereocenters. The fourth-order valence-corrected chi connectivity index (χ4v) is 4.29. The van der Waals surface area contributed by atoms with E-state index in [9.17, 15) is 4.79 Å². The third kappa shape index (κ3) is 2.48. The Morgan fingerprint density at radius 3 is 2.60 bits per heavy atom. The molecule has 4 fully saturated rings. The van der Waals surface area contributed by atoms with Crippen LogP contribution in [0.4, 0.5) is 0 Å². The van der Waals surface area contributed by atoms with E-state index < -0.39 is 0 Å². The van der Waals surface area contributed by atoms with Gasteiger partial charge >= 0.3 is 0 Å². The Hall–Kier alpha value is -0.610. The van der Waals surface area contributed by atoms with Crippen molar-refractivity contribution in [3.05, 3.63) is 0 Å². The zero-order chi connectivity index (χ0) is 13.5. The lowest BCUT2D eigenvalue weighted by atomic mass is 9.88. The number of likely N-dealkylation sites (tertiary alicyclic amines) is 2. The number of carbonyl (C=O) groups excluding carboxylic acids is 1. The van der Waals surface area contributed by atoms with Crippen LogP contribution in [0.15, 0.2) is 0 Å². The molecule has 4 rings (SSSR count). The lowest BCUT2D eigenvalue weighted by molar-refractivity contribution is -0.139. The van der Waals surface area contributed by atoms with Gasteiger partial charge in [0.1, 0.15) is 0 Å². The maximum atomic E-state index is 12.7. The van der Waals surface area contributed by atoms with E-state index in [1.165, 1.54) is 19.3 Å². The number of nitrogens with zero attached hydrogens (tertiary/aromatic N) is 2. The molecule has 4 heteroatoms. The molecule has 112 valence electrons. The smallest absolute Gasteiger partial charge is 0.227 e. The maximum absolute atomic E-state index is 12.7. The molecule has 20 heavy (non-hydrogen) atoms. The molecule has 0 aromatic carbocycles. The molecule has 3 heterocycles. The molecule has 0 N–H and O–H groups in total. The summed E-state index contributed by atoms with van der Waals surface area (Å²) in [4.78, 5) is 17.4. The highest BCUT2D eigenvalue weighted by Gasteiger charge is 2.45. The third-order valence-electron chi connectivity index (χ3n) is 5.75. The van der Waals surface area contributed by atoms with Crippen LogP contribution in [0.3, 0.4) is 0 Å². The van der Waals surface area contributed by atoms with Crippen LogP contribution in [-0.4, -0.2) is 61.1 Å². The van der Waals surface area contributed by atoms with Crippen LogP contribution < -0.4 is 0 Å². The molecule has 0 radical (unpaired) electrons. The summed E-state index contributed by atoms with van der Waals surface area (Å²) >= 11 is 0. The first-order chi connectivity index (χ1) is 9.81. The number of amides is 1. The van der Waals surface area contributed by atoms with Crippen LogP contribution in [0.25, 0.3) is 0 Å². The number of hydrogen-bond acceptors (Lipinski definition) is 3. The van der Waals surface area contributed by atoms with Gasteiger partial charge in [-0.3, -0.25) is 9.69 Å². The summed E-state index contributed by atoms with van der Waals surface area (Å²) in [5, 5.41) is 0. The summed E-state index contributed by atoms with van der Waals surface area (Å²) in [5.41, 5.74) is 0. The highest BCUT2D eigenvalue weighted by molar-refractivity contribution is 5.80. The van der Waals surface area contributed by atoms with Gasteiger partial charge in [0.25, 0.3) is 0 Å². The Bertz CT molecular complexity index is 377. The second-order valence-electron chi connectivity index (χ2n) is 7.18. The topological polar surface area (TPSA) is 32.8 Å². The van der Waals surface area contributed by atoms with Crippen molar-refractivity contribution in [3.8, 4) is 0 Å². The number of ether oxygens (including phenoxy) is 1. The molecule has 1 saturated carbocycles. The molecule has 3 saturated heterocycles. The van der Waals surface area contributed by atoms with Gasteiger partial charge in [-0.2, -0.15) is 0 Å². The van der Waals surface area contributed by atoms with E-state index >= 15 is 0 Å². The molecule has 1 aliphatic carbocycles. The number of piperidine rings is 1. The van der Waals surface area contributed by atoms with Gasteiger partial charge in [-0.25, -0.2) is 0 Å². The average Bonchev–Trinajstić information content (AvgIpc) is 3.19. The standard InChI is InChI=1S/C16H26N2O2/c19-16-15-11-18(14-4-7-20-8-5-14)10-13(15)3-6-17(16)9-12-1-2-12/h12-15H,1-11H2/t13-,15-/m1/s1. The monoisotopic (exact) mass is 278 g/mol. The number of rotatable bonds is 3. The van der Waals surface area contributed by atoms with Crippen molar-refractivity contribution >= 4 is 5.91 Å². The summed E-state index contributed by atoms with van der Waals surface area (Å²) in [5.74, 6) is 2.21. The minimum Gasteiger partial charge on any atom is -0.381 e. The van der Waals surface area contributed by atoms with Gasteiger partial charge in [0.15, 0.2) is 0 Å². The van der Waals surface area contributed by atoms with Crippen LogP contribution in [0, 0.1) is 17.8 Å². The van der Waals surface area contributed by atoms with Crippen LogP contribution >= 0.6 is 0 Å². The zero-order valence-corrected chi connectivity index (χ0v) is 12.3. The molecule has 0 unspecified atom stereocenters. The Morgan fingerprint density at radius 1 is 1.05 bits per heavy atom. The van der Waals surface area contributed by atoms with Crippen LogP contribution in [0.1, 0.15) is 32.1 Å². The minimum atomic E-state index is 0.297. The van der Waals surface area contributed by atoms with Gasteiger partial charge in [-0.05, 0) is 43.9 Å². The normalized spacial score (nSPS) is 36.4. The van der Waals surface area contributed by atoms with E-state index in [1.807, 2.05) is 0 Å². The largest absolute Gasteiger partial charge is 0.381 e. The lowest BCUT2D eigenvalue weighted by Gasteiger charge is -2.34. The van der Waals surface area contributed by atoms with Crippen molar-refractivity contribution < 1.29 is 9.53 Å². The highest BCUT2D eigenvalue weighted by Crippen LogP contribution is 2.37. The first kappa shape index (κ1) is 13.1. The predicted octanol–water partition coefficient (Wildman–Crippen LogP) is 1.36. The lowest BCUT2D eigenvalue weighted by Crippen LogP contribution is -2.46. The minimum absolute atomic E-state index is 0.297. The number of hydrogen-bond donors (Lipinski definition) is 0. The molecule has 1 amide bonds. The fraction of sp³-hybridized carbons (Fsp3) is 0.938. The van der Waals surface area contributed by atoms with Crippen LogP contribution in [-0.2, 0) is 9.53 Å². The molecular formula is C16H26N2O2. The van der Waals surface area contributed by atoms with E-state index in [0.29, 0.717) is 23.8 Å². The summed E-state index contributed by atoms with van der Waals surface area (Å²) in [6, 6.07) is 0.666. The highest BCUT2D eigenvalue weighted by atomic mass is 16.5. The van der Waals surface area contributed by atoms with Gasteiger partial charge in [0.05, 0.1) is 5.92 Å². The molecule has 4 aliphatic rings. The molecule has 0 aromatic heterocycles. The molecule has 4 nitrogen and oxygen atoms in total. The molecule has 0 aromatic rings.